The van der Waals surface area contributed by atoms with E-state index in [4.69, 9.17) is 0 Å². The quantitative estimate of drug-likeness (QED) is 0.756. The van der Waals surface area contributed by atoms with E-state index in [1.54, 1.807) is 6.20 Å². The highest BCUT2D eigenvalue weighted by Gasteiger charge is 2.14. The van der Waals surface area contributed by atoms with Crippen LogP contribution in [0.1, 0.15) is 23.7 Å². The maximum absolute atomic E-state index is 11.1. The van der Waals surface area contributed by atoms with Crippen LogP contribution in [0.4, 0.5) is 0 Å². The van der Waals surface area contributed by atoms with Crippen molar-refractivity contribution >= 4 is 5.97 Å². The lowest BCUT2D eigenvalue weighted by Gasteiger charge is -2.14. The van der Waals surface area contributed by atoms with Gasteiger partial charge in [0.05, 0.1) is 13.5 Å². The van der Waals surface area contributed by atoms with Crippen LogP contribution in [-0.4, -0.2) is 25.1 Å². The summed E-state index contributed by atoms with van der Waals surface area (Å²) in [7, 11) is 3.20. The van der Waals surface area contributed by atoms with E-state index in [1.165, 1.54) is 7.11 Å². The van der Waals surface area contributed by atoms with Gasteiger partial charge in [-0.15, -0.1) is 0 Å². The van der Waals surface area contributed by atoms with Crippen molar-refractivity contribution in [2.24, 2.45) is 0 Å². The molecule has 4 heteroatoms. The number of hydrogen-bond acceptors (Lipinski definition) is 4. The second-order valence-electron chi connectivity index (χ2n) is 3.35. The summed E-state index contributed by atoms with van der Waals surface area (Å²) >= 11 is 0. The number of aryl methyl sites for hydroxylation is 1. The molecule has 0 saturated heterocycles. The van der Waals surface area contributed by atoms with Gasteiger partial charge in [-0.05, 0) is 25.6 Å². The summed E-state index contributed by atoms with van der Waals surface area (Å²) in [6.45, 7) is 1.93. The summed E-state index contributed by atoms with van der Waals surface area (Å²) in [5.74, 6) is -0.227. The molecule has 1 heterocycles. The van der Waals surface area contributed by atoms with Gasteiger partial charge in [0.2, 0.25) is 0 Å². The summed E-state index contributed by atoms with van der Waals surface area (Å²) in [4.78, 5) is 15.3. The maximum Gasteiger partial charge on any atom is 0.307 e. The van der Waals surface area contributed by atoms with Crippen molar-refractivity contribution in [3.8, 4) is 0 Å². The van der Waals surface area contributed by atoms with E-state index in [1.807, 2.05) is 26.1 Å². The average molecular weight is 208 g/mol. The van der Waals surface area contributed by atoms with E-state index in [0.29, 0.717) is 6.42 Å². The van der Waals surface area contributed by atoms with E-state index in [2.05, 4.69) is 15.0 Å². The van der Waals surface area contributed by atoms with Gasteiger partial charge in [-0.25, -0.2) is 0 Å². The molecule has 0 aliphatic heterocycles. The van der Waals surface area contributed by atoms with Crippen LogP contribution in [0.3, 0.4) is 0 Å². The molecule has 0 saturated carbocycles. The molecule has 82 valence electrons. The first-order valence-electron chi connectivity index (χ1n) is 4.84. The van der Waals surface area contributed by atoms with E-state index >= 15 is 0 Å². The lowest BCUT2D eigenvalue weighted by Crippen LogP contribution is -2.20. The summed E-state index contributed by atoms with van der Waals surface area (Å²) < 4.78 is 4.63. The van der Waals surface area contributed by atoms with Gasteiger partial charge in [-0.2, -0.15) is 0 Å². The molecule has 1 aromatic heterocycles. The van der Waals surface area contributed by atoms with Crippen LogP contribution in [0.2, 0.25) is 0 Å². The Morgan fingerprint density at radius 1 is 1.60 bits per heavy atom. The lowest BCUT2D eigenvalue weighted by molar-refractivity contribution is -0.141. The lowest BCUT2D eigenvalue weighted by atomic mass is 10.1. The number of nitrogens with zero attached hydrogens (tertiary/aromatic N) is 1. The second-order valence-corrected chi connectivity index (χ2v) is 3.35. The number of esters is 1. The Labute approximate surface area is 89.7 Å². The first-order chi connectivity index (χ1) is 7.17. The third-order valence-electron chi connectivity index (χ3n) is 2.28. The Morgan fingerprint density at radius 3 is 2.80 bits per heavy atom. The van der Waals surface area contributed by atoms with Gasteiger partial charge in [-0.1, -0.05) is 6.07 Å². The third kappa shape index (κ3) is 3.32. The molecule has 1 N–H and O–H groups in total. The minimum absolute atomic E-state index is 0.0365. The van der Waals surface area contributed by atoms with Crippen LogP contribution in [0.15, 0.2) is 18.3 Å². The molecule has 15 heavy (non-hydrogen) atoms. The number of nitrogens with one attached hydrogen (secondary N) is 1. The standard InChI is InChI=1S/C11H16N2O2/c1-8-4-5-9(7-13-8)10(12-2)6-11(14)15-3/h4-5,7,10,12H,6H2,1-3H3. The fourth-order valence-electron chi connectivity index (χ4n) is 1.32. The highest BCUT2D eigenvalue weighted by molar-refractivity contribution is 5.70. The van der Waals surface area contributed by atoms with Crippen molar-refractivity contribution in [1.29, 1.82) is 0 Å². The van der Waals surface area contributed by atoms with Crippen molar-refractivity contribution in [2.45, 2.75) is 19.4 Å². The highest BCUT2D eigenvalue weighted by atomic mass is 16.5. The summed E-state index contributed by atoms with van der Waals surface area (Å²) in [5, 5.41) is 3.06. The van der Waals surface area contributed by atoms with Gasteiger partial charge in [0, 0.05) is 17.9 Å². The minimum atomic E-state index is -0.227. The first-order valence-corrected chi connectivity index (χ1v) is 4.84. The third-order valence-corrected chi connectivity index (χ3v) is 2.28. The number of ether oxygens (including phenoxy) is 1. The number of pyridine rings is 1. The molecule has 0 aliphatic carbocycles. The van der Waals surface area contributed by atoms with E-state index in [0.717, 1.165) is 11.3 Å². The number of rotatable bonds is 4. The number of hydrogen-bond donors (Lipinski definition) is 1. The molecule has 0 radical (unpaired) electrons. The fraction of sp³-hybridized carbons (Fsp3) is 0.455. The number of carbonyl (C=O) groups is 1. The molecule has 0 fully saturated rings. The maximum atomic E-state index is 11.1. The topological polar surface area (TPSA) is 51.2 Å². The largest absolute Gasteiger partial charge is 0.469 e. The summed E-state index contributed by atoms with van der Waals surface area (Å²) in [5.41, 5.74) is 1.96. The Morgan fingerprint density at radius 2 is 2.33 bits per heavy atom. The van der Waals surface area contributed by atoms with Crippen molar-refractivity contribution in [3.63, 3.8) is 0 Å². The predicted octanol–water partition coefficient (Wildman–Crippen LogP) is 1.21. The van der Waals surface area contributed by atoms with E-state index < -0.39 is 0 Å². The summed E-state index contributed by atoms with van der Waals surface area (Å²) in [6.07, 6.45) is 2.09. The Kier molecular flexibility index (Phi) is 4.24. The molecular weight excluding hydrogens is 192 g/mol. The summed E-state index contributed by atoms with van der Waals surface area (Å²) in [6, 6.07) is 3.86. The van der Waals surface area contributed by atoms with Gasteiger partial charge in [0.25, 0.3) is 0 Å². The Bertz CT molecular complexity index is 322. The normalized spacial score (nSPS) is 12.2. The van der Waals surface area contributed by atoms with Gasteiger partial charge >= 0.3 is 5.97 Å². The number of methoxy groups -OCH3 is 1. The zero-order valence-electron chi connectivity index (χ0n) is 9.28. The molecule has 1 aromatic rings. The minimum Gasteiger partial charge on any atom is -0.469 e. The van der Waals surface area contributed by atoms with Gasteiger partial charge in [0.15, 0.2) is 0 Å². The molecule has 0 bridgehead atoms. The van der Waals surface area contributed by atoms with Crippen molar-refractivity contribution in [1.82, 2.24) is 10.3 Å². The zero-order valence-corrected chi connectivity index (χ0v) is 9.28. The van der Waals surface area contributed by atoms with Gasteiger partial charge < -0.3 is 10.1 Å². The molecule has 1 rings (SSSR count). The molecule has 1 atom stereocenters. The number of aromatic nitrogens is 1. The molecule has 0 spiro atoms. The first kappa shape index (κ1) is 11.7. The van der Waals surface area contributed by atoms with E-state index in [9.17, 15) is 4.79 Å². The smallest absolute Gasteiger partial charge is 0.307 e. The van der Waals surface area contributed by atoms with Crippen molar-refractivity contribution < 1.29 is 9.53 Å². The van der Waals surface area contributed by atoms with Crippen LogP contribution < -0.4 is 5.32 Å². The van der Waals surface area contributed by atoms with Crippen LogP contribution in [0, 0.1) is 6.92 Å². The SMILES string of the molecule is CNC(CC(=O)OC)c1ccc(C)nc1. The molecule has 0 aliphatic rings. The van der Waals surface area contributed by atoms with Crippen LogP contribution >= 0.6 is 0 Å². The van der Waals surface area contributed by atoms with E-state index in [-0.39, 0.29) is 12.0 Å². The Balaban J connectivity index is 2.74. The molecular formula is C11H16N2O2. The van der Waals surface area contributed by atoms with Crippen LogP contribution in [0.5, 0.6) is 0 Å². The van der Waals surface area contributed by atoms with Crippen LogP contribution in [0.25, 0.3) is 0 Å². The molecule has 0 aromatic carbocycles. The fourth-order valence-corrected chi connectivity index (χ4v) is 1.32. The highest BCUT2D eigenvalue weighted by Crippen LogP contribution is 2.15. The average Bonchev–Trinajstić information content (AvgIpc) is 2.27. The van der Waals surface area contributed by atoms with Crippen molar-refractivity contribution in [3.05, 3.63) is 29.6 Å². The number of carbonyl (C=O) groups excluding carboxylic acids is 1. The zero-order chi connectivity index (χ0) is 11.3. The molecule has 0 amide bonds. The van der Waals surface area contributed by atoms with Crippen molar-refractivity contribution in [2.75, 3.05) is 14.2 Å². The molecule has 4 nitrogen and oxygen atoms in total. The second kappa shape index (κ2) is 5.46. The monoisotopic (exact) mass is 208 g/mol. The predicted molar refractivity (Wildman–Crippen MR) is 57.4 cm³/mol. The van der Waals surface area contributed by atoms with Gasteiger partial charge in [0.1, 0.15) is 0 Å². The van der Waals surface area contributed by atoms with Crippen LogP contribution in [-0.2, 0) is 9.53 Å². The Hall–Kier alpha value is -1.42. The van der Waals surface area contributed by atoms with Gasteiger partial charge in [-0.3, -0.25) is 9.78 Å². The molecule has 1 unspecified atom stereocenters.